The van der Waals surface area contributed by atoms with E-state index in [9.17, 15) is 4.79 Å². The molecule has 0 aliphatic carbocycles. The van der Waals surface area contributed by atoms with Gasteiger partial charge in [0.05, 0.1) is 24.7 Å². The lowest BCUT2D eigenvalue weighted by Crippen LogP contribution is -2.18. The van der Waals surface area contributed by atoms with Crippen molar-refractivity contribution in [2.45, 2.75) is 43.7 Å². The van der Waals surface area contributed by atoms with Gasteiger partial charge in [-0.1, -0.05) is 23.1 Å². The van der Waals surface area contributed by atoms with Crippen molar-refractivity contribution in [3.05, 3.63) is 47.2 Å². The quantitative estimate of drug-likeness (QED) is 0.401. The average Bonchev–Trinajstić information content (AvgIpc) is 3.50. The van der Waals surface area contributed by atoms with Crippen LogP contribution in [0.15, 0.2) is 33.2 Å². The Morgan fingerprint density at radius 2 is 2.31 bits per heavy atom. The Balaban J connectivity index is 1.33. The van der Waals surface area contributed by atoms with Crippen LogP contribution in [0.25, 0.3) is 0 Å². The number of furan rings is 1. The molecule has 1 saturated heterocycles. The number of ether oxygens (including phenoxy) is 1. The Labute approximate surface area is 177 Å². The van der Waals surface area contributed by atoms with E-state index in [0.717, 1.165) is 58.2 Å². The Morgan fingerprint density at radius 1 is 1.41 bits per heavy atom. The van der Waals surface area contributed by atoms with Crippen molar-refractivity contribution in [2.75, 3.05) is 24.2 Å². The lowest BCUT2D eigenvalue weighted by molar-refractivity contribution is 0.102. The van der Waals surface area contributed by atoms with Gasteiger partial charge in [0, 0.05) is 30.1 Å². The predicted octanol–water partition coefficient (Wildman–Crippen LogP) is 4.16. The Kier molecular flexibility index (Phi) is 6.37. The molecule has 0 saturated carbocycles. The number of anilines is 1. The molecule has 7 nitrogen and oxygen atoms in total. The van der Waals surface area contributed by atoms with E-state index in [1.807, 2.05) is 32.0 Å². The first kappa shape index (κ1) is 20.2. The smallest absolute Gasteiger partial charge is 0.206 e. The first-order valence-corrected chi connectivity index (χ1v) is 11.4. The number of aryl methyl sites for hydroxylation is 1. The summed E-state index contributed by atoms with van der Waals surface area (Å²) in [6.07, 6.45) is 4.12. The van der Waals surface area contributed by atoms with Gasteiger partial charge in [0.15, 0.2) is 10.1 Å². The highest BCUT2D eigenvalue weighted by Crippen LogP contribution is 2.27. The molecule has 1 aliphatic heterocycles. The van der Waals surface area contributed by atoms with Gasteiger partial charge in [-0.25, -0.2) is 0 Å². The summed E-state index contributed by atoms with van der Waals surface area (Å²) in [5, 5.41) is 12.4. The van der Waals surface area contributed by atoms with Gasteiger partial charge in [0.25, 0.3) is 0 Å². The van der Waals surface area contributed by atoms with Crippen LogP contribution in [0.3, 0.4) is 0 Å². The second kappa shape index (κ2) is 9.15. The van der Waals surface area contributed by atoms with E-state index in [-0.39, 0.29) is 11.9 Å². The zero-order chi connectivity index (χ0) is 20.2. The van der Waals surface area contributed by atoms with Crippen molar-refractivity contribution in [1.29, 1.82) is 0 Å². The normalized spacial score (nSPS) is 16.4. The molecule has 1 fully saturated rings. The van der Waals surface area contributed by atoms with E-state index in [2.05, 4.69) is 20.1 Å². The fourth-order valence-corrected chi connectivity index (χ4v) is 5.08. The Morgan fingerprint density at radius 3 is 3.07 bits per heavy atom. The predicted molar refractivity (Wildman–Crippen MR) is 114 cm³/mol. The van der Waals surface area contributed by atoms with E-state index in [4.69, 9.17) is 9.15 Å². The molecular formula is C20H24N4O3S2. The van der Waals surface area contributed by atoms with Gasteiger partial charge in [-0.2, -0.15) is 0 Å². The van der Waals surface area contributed by atoms with Crippen LogP contribution in [0.2, 0.25) is 0 Å². The van der Waals surface area contributed by atoms with Gasteiger partial charge in [0.1, 0.15) is 5.76 Å². The molecule has 0 spiro atoms. The van der Waals surface area contributed by atoms with Crippen LogP contribution < -0.4 is 5.32 Å². The Hall–Kier alpha value is -2.10. The largest absolute Gasteiger partial charge is 0.467 e. The zero-order valence-corrected chi connectivity index (χ0v) is 18.1. The maximum atomic E-state index is 12.8. The zero-order valence-electron chi connectivity index (χ0n) is 16.5. The minimum absolute atomic E-state index is 0.0952. The highest BCUT2D eigenvalue weighted by molar-refractivity contribution is 8.01. The van der Waals surface area contributed by atoms with Crippen LogP contribution in [0.4, 0.5) is 5.13 Å². The maximum Gasteiger partial charge on any atom is 0.206 e. The fourth-order valence-electron chi connectivity index (χ4n) is 3.44. The van der Waals surface area contributed by atoms with Gasteiger partial charge in [-0.3, -0.25) is 4.79 Å². The summed E-state index contributed by atoms with van der Waals surface area (Å²) < 4.78 is 13.9. The summed E-state index contributed by atoms with van der Waals surface area (Å²) >= 11 is 2.90. The van der Waals surface area contributed by atoms with Crippen LogP contribution in [0, 0.1) is 13.8 Å². The number of nitrogens with one attached hydrogen (secondary N) is 1. The van der Waals surface area contributed by atoms with Gasteiger partial charge >= 0.3 is 0 Å². The molecule has 1 aliphatic rings. The van der Waals surface area contributed by atoms with Gasteiger partial charge in [-0.15, -0.1) is 10.2 Å². The van der Waals surface area contributed by atoms with Crippen LogP contribution in [0.5, 0.6) is 0 Å². The third kappa shape index (κ3) is 4.91. The standard InChI is InChI=1S/C20H24N4O3S2/c1-13-9-17(14(2)24(13)11-16-6-4-8-27-16)18(25)12-28-20-23-22-19(29-20)21-10-15-5-3-7-26-15/h4,6,8-9,15H,3,5,7,10-12H2,1-2H3,(H,21,22)/t15-/m0/s1. The van der Waals surface area contributed by atoms with Crippen LogP contribution >= 0.6 is 23.1 Å². The number of aromatic nitrogens is 3. The maximum absolute atomic E-state index is 12.8. The number of Topliss-reactive ketones (excluding diaryl/α,β-unsaturated/α-hetero) is 1. The van der Waals surface area contributed by atoms with Crippen molar-refractivity contribution in [1.82, 2.24) is 14.8 Å². The number of nitrogens with zero attached hydrogens (tertiary/aromatic N) is 3. The topological polar surface area (TPSA) is 82.2 Å². The van der Waals surface area contributed by atoms with E-state index in [1.54, 1.807) is 6.26 Å². The summed E-state index contributed by atoms with van der Waals surface area (Å²) in [7, 11) is 0. The number of thioether (sulfide) groups is 1. The van der Waals surface area contributed by atoms with Gasteiger partial charge < -0.3 is 19.0 Å². The molecule has 4 rings (SSSR count). The molecule has 0 amide bonds. The molecule has 0 bridgehead atoms. The molecule has 0 radical (unpaired) electrons. The summed E-state index contributed by atoms with van der Waals surface area (Å²) in [5.74, 6) is 1.31. The monoisotopic (exact) mass is 432 g/mol. The molecule has 3 aromatic heterocycles. The number of carbonyl (C=O) groups is 1. The van der Waals surface area contributed by atoms with E-state index >= 15 is 0 Å². The average molecular weight is 433 g/mol. The Bertz CT molecular complexity index is 959. The summed E-state index contributed by atoms with van der Waals surface area (Å²) in [6.45, 7) is 6.21. The van der Waals surface area contributed by atoms with Gasteiger partial charge in [-0.05, 0) is 44.9 Å². The molecule has 0 unspecified atom stereocenters. The van der Waals surface area contributed by atoms with E-state index in [0.29, 0.717) is 12.3 Å². The number of rotatable bonds is 9. The molecule has 4 heterocycles. The van der Waals surface area contributed by atoms with Crippen LogP contribution in [-0.2, 0) is 11.3 Å². The molecule has 29 heavy (non-hydrogen) atoms. The second-order valence-electron chi connectivity index (χ2n) is 7.05. The molecule has 0 aromatic carbocycles. The molecule has 3 aromatic rings. The summed E-state index contributed by atoms with van der Waals surface area (Å²) in [5.41, 5.74) is 2.76. The van der Waals surface area contributed by atoms with Crippen molar-refractivity contribution in [3.63, 3.8) is 0 Å². The highest BCUT2D eigenvalue weighted by Gasteiger charge is 2.18. The molecule has 154 valence electrons. The molecule has 9 heteroatoms. The van der Waals surface area contributed by atoms with Crippen LogP contribution in [0.1, 0.15) is 40.3 Å². The molecule has 1 N–H and O–H groups in total. The molecule has 1 atom stereocenters. The van der Waals surface area contributed by atoms with E-state index < -0.39 is 0 Å². The van der Waals surface area contributed by atoms with Crippen molar-refractivity contribution in [2.24, 2.45) is 0 Å². The number of ketones is 1. The minimum Gasteiger partial charge on any atom is -0.467 e. The van der Waals surface area contributed by atoms with Crippen molar-refractivity contribution < 1.29 is 13.9 Å². The van der Waals surface area contributed by atoms with Crippen molar-refractivity contribution >= 4 is 34.0 Å². The first-order chi connectivity index (χ1) is 14.1. The third-order valence-corrected chi connectivity index (χ3v) is 7.02. The van der Waals surface area contributed by atoms with E-state index in [1.165, 1.54) is 23.1 Å². The number of hydrogen-bond donors (Lipinski definition) is 1. The number of carbonyl (C=O) groups excluding carboxylic acids is 1. The number of hydrogen-bond acceptors (Lipinski definition) is 8. The van der Waals surface area contributed by atoms with Gasteiger partial charge in [0.2, 0.25) is 5.13 Å². The van der Waals surface area contributed by atoms with Crippen LogP contribution in [-0.4, -0.2) is 45.6 Å². The summed E-state index contributed by atoms with van der Waals surface area (Å²) in [6, 6.07) is 5.77. The minimum atomic E-state index is 0.0952. The lowest BCUT2D eigenvalue weighted by atomic mass is 10.2. The third-order valence-electron chi connectivity index (χ3n) is 5.01. The highest BCUT2D eigenvalue weighted by atomic mass is 32.2. The van der Waals surface area contributed by atoms with Crippen molar-refractivity contribution in [3.8, 4) is 0 Å². The second-order valence-corrected chi connectivity index (χ2v) is 9.25. The SMILES string of the molecule is Cc1cc(C(=O)CSc2nnc(NC[C@@H]3CCCO3)s2)c(C)n1Cc1ccco1. The molecular weight excluding hydrogens is 408 g/mol. The fraction of sp³-hybridized carbons (Fsp3) is 0.450. The first-order valence-electron chi connectivity index (χ1n) is 9.64. The summed E-state index contributed by atoms with van der Waals surface area (Å²) in [4.78, 5) is 12.8. The lowest BCUT2D eigenvalue weighted by Gasteiger charge is -2.08.